The van der Waals surface area contributed by atoms with Gasteiger partial charge in [-0.3, -0.25) is 4.79 Å². The molecule has 0 spiro atoms. The Kier molecular flexibility index (Phi) is 3.21. The fourth-order valence-electron chi connectivity index (χ4n) is 1.53. The lowest BCUT2D eigenvalue weighted by atomic mass is 10.1. The maximum absolute atomic E-state index is 11.6. The van der Waals surface area contributed by atoms with E-state index in [4.69, 9.17) is 11.6 Å². The molecule has 1 heterocycles. The third-order valence-corrected chi connectivity index (χ3v) is 3.74. The Labute approximate surface area is 102 Å². The number of halogens is 1. The number of Topliss-reactive ketones (excluding diaryl/α,β-unsaturated/α-hetero) is 1. The first-order valence-electron chi connectivity index (χ1n) is 4.68. The minimum absolute atomic E-state index is 0.0187. The number of thioether (sulfide) groups is 1. The molecular weight excluding hydrogens is 248 g/mol. The van der Waals surface area contributed by atoms with Crippen LogP contribution in [-0.4, -0.2) is 23.6 Å². The van der Waals surface area contributed by atoms with Crippen LogP contribution in [-0.2, 0) is 4.74 Å². The van der Waals surface area contributed by atoms with Crippen molar-refractivity contribution < 1.29 is 14.3 Å². The molecule has 1 atom stereocenters. The van der Waals surface area contributed by atoms with E-state index < -0.39 is 5.97 Å². The van der Waals surface area contributed by atoms with E-state index in [2.05, 4.69) is 4.74 Å². The molecule has 0 radical (unpaired) electrons. The van der Waals surface area contributed by atoms with Gasteiger partial charge in [0.2, 0.25) is 0 Å². The van der Waals surface area contributed by atoms with Gasteiger partial charge in [-0.25, -0.2) is 4.79 Å². The fraction of sp³-hybridized carbons (Fsp3) is 0.273. The Balaban J connectivity index is 2.42. The molecule has 0 amide bonds. The van der Waals surface area contributed by atoms with Gasteiger partial charge in [-0.05, 0) is 18.2 Å². The number of hydrogen-bond donors (Lipinski definition) is 0. The van der Waals surface area contributed by atoms with Gasteiger partial charge in [0.15, 0.2) is 5.78 Å². The van der Waals surface area contributed by atoms with Gasteiger partial charge in [0.05, 0.1) is 17.4 Å². The largest absolute Gasteiger partial charge is 0.465 e. The SMILES string of the molecule is COC(=O)c1ccc2c(c1)SC(Cl)CC2=O. The number of carbonyl (C=O) groups excluding carboxylic acids is 2. The van der Waals surface area contributed by atoms with Crippen LogP contribution in [0.4, 0.5) is 0 Å². The normalized spacial score (nSPS) is 19.1. The zero-order valence-electron chi connectivity index (χ0n) is 8.53. The molecule has 0 aliphatic carbocycles. The van der Waals surface area contributed by atoms with Gasteiger partial charge in [0, 0.05) is 16.9 Å². The number of fused-ring (bicyclic) bond motifs is 1. The van der Waals surface area contributed by atoms with Crippen molar-refractivity contribution in [2.45, 2.75) is 16.0 Å². The van der Waals surface area contributed by atoms with E-state index >= 15 is 0 Å². The summed E-state index contributed by atoms with van der Waals surface area (Å²) in [6.07, 6.45) is 0.330. The number of hydrogen-bond acceptors (Lipinski definition) is 4. The lowest BCUT2D eigenvalue weighted by Gasteiger charge is -2.18. The molecule has 0 bridgehead atoms. The molecule has 1 aromatic rings. The van der Waals surface area contributed by atoms with Crippen molar-refractivity contribution in [3.8, 4) is 0 Å². The predicted molar refractivity (Wildman–Crippen MR) is 62.2 cm³/mol. The number of ether oxygens (including phenoxy) is 1. The summed E-state index contributed by atoms with van der Waals surface area (Å²) in [5, 5.41) is 0. The standard InChI is InChI=1S/C11H9ClO3S/c1-15-11(14)6-2-3-7-8(13)5-10(12)16-9(7)4-6/h2-4,10H,5H2,1H3. The smallest absolute Gasteiger partial charge is 0.337 e. The van der Waals surface area contributed by atoms with Gasteiger partial charge in [-0.2, -0.15) is 0 Å². The van der Waals surface area contributed by atoms with E-state index in [-0.39, 0.29) is 10.5 Å². The van der Waals surface area contributed by atoms with Crippen molar-refractivity contribution >= 4 is 35.1 Å². The molecule has 1 unspecified atom stereocenters. The van der Waals surface area contributed by atoms with Gasteiger partial charge >= 0.3 is 5.97 Å². The maximum atomic E-state index is 11.6. The molecule has 5 heteroatoms. The Hall–Kier alpha value is -1.00. The van der Waals surface area contributed by atoms with Gasteiger partial charge < -0.3 is 4.74 Å². The maximum Gasteiger partial charge on any atom is 0.337 e. The quantitative estimate of drug-likeness (QED) is 0.572. The number of esters is 1. The highest BCUT2D eigenvalue weighted by atomic mass is 35.5. The van der Waals surface area contributed by atoms with Crippen molar-refractivity contribution in [3.63, 3.8) is 0 Å². The molecule has 3 nitrogen and oxygen atoms in total. The summed E-state index contributed by atoms with van der Waals surface area (Å²) >= 11 is 7.33. The summed E-state index contributed by atoms with van der Waals surface area (Å²) in [4.78, 5) is 23.7. The molecule has 1 aromatic carbocycles. The molecule has 2 rings (SSSR count). The number of benzene rings is 1. The second kappa shape index (κ2) is 4.47. The average molecular weight is 257 g/mol. The van der Waals surface area contributed by atoms with E-state index in [0.717, 1.165) is 4.90 Å². The Morgan fingerprint density at radius 2 is 2.31 bits per heavy atom. The Bertz CT molecular complexity index is 459. The van der Waals surface area contributed by atoms with Crippen LogP contribution in [0.3, 0.4) is 0 Å². The van der Waals surface area contributed by atoms with Crippen molar-refractivity contribution in [2.24, 2.45) is 0 Å². The van der Waals surface area contributed by atoms with Crippen LogP contribution in [0, 0.1) is 0 Å². The number of rotatable bonds is 1. The lowest BCUT2D eigenvalue weighted by molar-refractivity contribution is 0.0600. The molecule has 1 aliphatic heterocycles. The van der Waals surface area contributed by atoms with Crippen LogP contribution in [0.5, 0.6) is 0 Å². The topological polar surface area (TPSA) is 43.4 Å². The van der Waals surface area contributed by atoms with E-state index in [0.29, 0.717) is 17.5 Å². The van der Waals surface area contributed by atoms with Gasteiger partial charge in [-0.1, -0.05) is 0 Å². The summed E-state index contributed by atoms with van der Waals surface area (Å²) in [5.41, 5.74) is 1.07. The van der Waals surface area contributed by atoms with E-state index in [1.54, 1.807) is 18.2 Å². The second-order valence-corrected chi connectivity index (χ2v) is 5.39. The number of alkyl halides is 1. The molecule has 0 saturated carbocycles. The van der Waals surface area contributed by atoms with Gasteiger partial charge in [-0.15, -0.1) is 23.4 Å². The van der Waals surface area contributed by atoms with Crippen molar-refractivity contribution in [2.75, 3.05) is 7.11 Å². The third-order valence-electron chi connectivity index (χ3n) is 2.30. The van der Waals surface area contributed by atoms with Crippen molar-refractivity contribution in [3.05, 3.63) is 29.3 Å². The summed E-state index contributed by atoms with van der Waals surface area (Å²) in [6.45, 7) is 0. The van der Waals surface area contributed by atoms with Crippen molar-refractivity contribution in [1.82, 2.24) is 0 Å². The highest BCUT2D eigenvalue weighted by Gasteiger charge is 2.25. The molecule has 0 N–H and O–H groups in total. The Morgan fingerprint density at radius 1 is 1.56 bits per heavy atom. The van der Waals surface area contributed by atoms with Crippen LogP contribution in [0.2, 0.25) is 0 Å². The number of methoxy groups -OCH3 is 1. The van der Waals surface area contributed by atoms with Crippen molar-refractivity contribution in [1.29, 1.82) is 0 Å². The minimum Gasteiger partial charge on any atom is -0.465 e. The lowest BCUT2D eigenvalue weighted by Crippen LogP contribution is -2.14. The minimum atomic E-state index is -0.410. The first kappa shape index (κ1) is 11.5. The van der Waals surface area contributed by atoms with E-state index in [1.807, 2.05) is 0 Å². The number of ketones is 1. The van der Waals surface area contributed by atoms with E-state index in [9.17, 15) is 9.59 Å². The molecule has 16 heavy (non-hydrogen) atoms. The Morgan fingerprint density at radius 3 is 3.00 bits per heavy atom. The van der Waals surface area contributed by atoms with Crippen LogP contribution >= 0.6 is 23.4 Å². The summed E-state index contributed by atoms with van der Waals surface area (Å²) in [6, 6.07) is 4.90. The zero-order chi connectivity index (χ0) is 11.7. The highest BCUT2D eigenvalue weighted by molar-refractivity contribution is 8.01. The fourth-order valence-corrected chi connectivity index (χ4v) is 2.97. The third kappa shape index (κ3) is 2.08. The average Bonchev–Trinajstić information content (AvgIpc) is 2.27. The molecule has 1 aliphatic rings. The van der Waals surface area contributed by atoms with Gasteiger partial charge in [0.1, 0.15) is 0 Å². The van der Waals surface area contributed by atoms with Crippen LogP contribution < -0.4 is 0 Å². The van der Waals surface area contributed by atoms with Crippen LogP contribution in [0.1, 0.15) is 27.1 Å². The number of carbonyl (C=O) groups is 2. The molecule has 84 valence electrons. The van der Waals surface area contributed by atoms with Gasteiger partial charge in [0.25, 0.3) is 0 Å². The molecular formula is C11H9ClO3S. The molecule has 0 fully saturated rings. The predicted octanol–water partition coefficient (Wildman–Crippen LogP) is 2.72. The monoisotopic (exact) mass is 256 g/mol. The zero-order valence-corrected chi connectivity index (χ0v) is 10.1. The van der Waals surface area contributed by atoms with Crippen LogP contribution in [0.25, 0.3) is 0 Å². The summed E-state index contributed by atoms with van der Waals surface area (Å²) in [7, 11) is 1.32. The first-order chi connectivity index (χ1) is 7.61. The summed E-state index contributed by atoms with van der Waals surface area (Å²) < 4.78 is 4.36. The highest BCUT2D eigenvalue weighted by Crippen LogP contribution is 2.37. The second-order valence-electron chi connectivity index (χ2n) is 3.36. The van der Waals surface area contributed by atoms with Crippen LogP contribution in [0.15, 0.2) is 23.1 Å². The molecule has 0 aromatic heterocycles. The van der Waals surface area contributed by atoms with E-state index in [1.165, 1.54) is 18.9 Å². The molecule has 0 saturated heterocycles. The first-order valence-corrected chi connectivity index (χ1v) is 5.99. The summed E-state index contributed by atoms with van der Waals surface area (Å²) in [5.74, 6) is -0.391.